The van der Waals surface area contributed by atoms with Crippen molar-refractivity contribution < 1.29 is 4.79 Å². The van der Waals surface area contributed by atoms with Crippen LogP contribution < -0.4 is 0 Å². The van der Waals surface area contributed by atoms with Gasteiger partial charge < -0.3 is 0 Å². The highest BCUT2D eigenvalue weighted by molar-refractivity contribution is 9.09. The van der Waals surface area contributed by atoms with Gasteiger partial charge in [-0.25, -0.2) is 0 Å². The third-order valence-electron chi connectivity index (χ3n) is 1.30. The Labute approximate surface area is 79.9 Å². The van der Waals surface area contributed by atoms with Crippen LogP contribution in [-0.2, 0) is 0 Å². The highest BCUT2D eigenvalue weighted by atomic mass is 79.9. The van der Waals surface area contributed by atoms with Crippen LogP contribution in [0.5, 0.6) is 0 Å². The molecule has 0 spiro atoms. The molecule has 0 aliphatic carbocycles. The van der Waals surface area contributed by atoms with E-state index in [1.165, 1.54) is 0 Å². The second-order valence-corrected chi connectivity index (χ2v) is 2.69. The summed E-state index contributed by atoms with van der Waals surface area (Å²) in [5.74, 6) is 5.05. The maximum atomic E-state index is 11.2. The molecule has 0 saturated heterocycles. The van der Waals surface area contributed by atoms with E-state index >= 15 is 0 Å². The van der Waals surface area contributed by atoms with Crippen molar-refractivity contribution in [1.29, 1.82) is 0 Å². The molecule has 0 heterocycles. The summed E-state index contributed by atoms with van der Waals surface area (Å²) in [6.07, 6.45) is 0. The molecule has 0 amide bonds. The molecule has 2 heteroatoms. The summed E-state index contributed by atoms with van der Waals surface area (Å²) in [7, 11) is 0. The average molecular weight is 223 g/mol. The average Bonchev–Trinajstić information content (AvgIpc) is 2.15. The zero-order valence-electron chi connectivity index (χ0n) is 6.38. The Balaban J connectivity index is 2.79. The number of hydrogen-bond donors (Lipinski definition) is 0. The van der Waals surface area contributed by atoms with Gasteiger partial charge in [0.15, 0.2) is 0 Å². The lowest BCUT2D eigenvalue weighted by Gasteiger charge is -1.89. The smallest absolute Gasteiger partial charge is 0.235 e. The number of alkyl halides is 1. The number of rotatable bonds is 1. The molecule has 1 aromatic carbocycles. The fourth-order valence-electron chi connectivity index (χ4n) is 0.775. The van der Waals surface area contributed by atoms with Gasteiger partial charge in [0.25, 0.3) is 0 Å². The molecule has 0 aliphatic rings. The first kappa shape index (κ1) is 9.02. The highest BCUT2D eigenvalue weighted by Crippen LogP contribution is 1.98. The van der Waals surface area contributed by atoms with E-state index in [0.29, 0.717) is 10.9 Å². The van der Waals surface area contributed by atoms with Gasteiger partial charge in [-0.1, -0.05) is 52.2 Å². The maximum Gasteiger partial charge on any atom is 0.235 e. The van der Waals surface area contributed by atoms with Crippen LogP contribution in [0.2, 0.25) is 0 Å². The molecule has 0 atom stereocenters. The summed E-state index contributed by atoms with van der Waals surface area (Å²) in [5.41, 5.74) is 0.644. The zero-order chi connectivity index (χ0) is 8.81. The molecule has 60 valence electrons. The molecule has 0 saturated carbocycles. The van der Waals surface area contributed by atoms with Crippen molar-refractivity contribution in [2.45, 2.75) is 0 Å². The second-order valence-electron chi connectivity index (χ2n) is 2.13. The second kappa shape index (κ2) is 4.74. The lowest BCUT2D eigenvalue weighted by molar-refractivity contribution is 0.105. The number of benzene rings is 1. The fourth-order valence-corrected chi connectivity index (χ4v) is 0.916. The zero-order valence-corrected chi connectivity index (χ0v) is 7.97. The van der Waals surface area contributed by atoms with Crippen LogP contribution in [0, 0.1) is 11.8 Å². The lowest BCUT2D eigenvalue weighted by Crippen LogP contribution is -1.93. The molecule has 1 nitrogen and oxygen atoms in total. The van der Waals surface area contributed by atoms with Crippen molar-refractivity contribution in [3.63, 3.8) is 0 Å². The first-order valence-corrected chi connectivity index (χ1v) is 4.61. The summed E-state index contributed by atoms with van der Waals surface area (Å²) in [6.45, 7) is 0. The minimum absolute atomic E-state index is 0.130. The number of carbonyl (C=O) groups is 1. The Morgan fingerprint density at radius 2 is 2.00 bits per heavy atom. The normalized spacial score (nSPS) is 8.42. The molecular weight excluding hydrogens is 216 g/mol. The van der Waals surface area contributed by atoms with Crippen molar-refractivity contribution in [1.82, 2.24) is 0 Å². The van der Waals surface area contributed by atoms with Crippen LogP contribution in [0.1, 0.15) is 10.4 Å². The van der Waals surface area contributed by atoms with E-state index in [1.807, 2.05) is 18.2 Å². The number of halogens is 1. The van der Waals surface area contributed by atoms with Crippen LogP contribution >= 0.6 is 15.9 Å². The van der Waals surface area contributed by atoms with E-state index in [4.69, 9.17) is 0 Å². The number of carbonyl (C=O) groups excluding carboxylic acids is 1. The van der Waals surface area contributed by atoms with Gasteiger partial charge in [0, 0.05) is 5.56 Å². The van der Waals surface area contributed by atoms with Gasteiger partial charge in [0.05, 0.1) is 5.33 Å². The number of ketones is 1. The molecule has 1 rings (SSSR count). The quantitative estimate of drug-likeness (QED) is 0.309. The molecule has 0 radical (unpaired) electrons. The topological polar surface area (TPSA) is 17.1 Å². The van der Waals surface area contributed by atoms with Crippen LogP contribution in [-0.4, -0.2) is 11.1 Å². The van der Waals surface area contributed by atoms with Crippen LogP contribution in [0.3, 0.4) is 0 Å². The van der Waals surface area contributed by atoms with Crippen molar-refractivity contribution >= 4 is 21.7 Å². The largest absolute Gasteiger partial charge is 0.279 e. The molecule has 0 bridgehead atoms. The molecule has 0 aliphatic heterocycles. The predicted octanol–water partition coefficient (Wildman–Crippen LogP) is 2.27. The van der Waals surface area contributed by atoms with Crippen molar-refractivity contribution in [2.75, 3.05) is 5.33 Å². The third kappa shape index (κ3) is 2.52. The Morgan fingerprint density at radius 3 is 2.58 bits per heavy atom. The Hall–Kier alpha value is -1.07. The minimum atomic E-state index is -0.130. The molecule has 1 aromatic rings. The molecule has 0 unspecified atom stereocenters. The number of hydrogen-bond acceptors (Lipinski definition) is 1. The Morgan fingerprint density at radius 1 is 1.33 bits per heavy atom. The predicted molar refractivity (Wildman–Crippen MR) is 52.3 cm³/mol. The monoisotopic (exact) mass is 222 g/mol. The highest BCUT2D eigenvalue weighted by Gasteiger charge is 1.97. The van der Waals surface area contributed by atoms with Gasteiger partial charge in [-0.2, -0.15) is 0 Å². The molecule has 0 fully saturated rings. The van der Waals surface area contributed by atoms with Gasteiger partial charge in [-0.3, -0.25) is 4.79 Å². The summed E-state index contributed by atoms with van der Waals surface area (Å²) in [5, 5.41) is 0.533. The van der Waals surface area contributed by atoms with Crippen LogP contribution in [0.25, 0.3) is 0 Å². The van der Waals surface area contributed by atoms with Crippen LogP contribution in [0.15, 0.2) is 30.3 Å². The van der Waals surface area contributed by atoms with E-state index < -0.39 is 0 Å². The Kier molecular flexibility index (Phi) is 3.56. The standard InChI is InChI=1S/C10H7BrO/c11-8-4-7-10(12)9-5-2-1-3-6-9/h1-3,5-6H,8H2. The van der Waals surface area contributed by atoms with Gasteiger partial charge in [0.2, 0.25) is 5.78 Å². The summed E-state index contributed by atoms with van der Waals surface area (Å²) in [4.78, 5) is 11.2. The SMILES string of the molecule is O=C(C#CCBr)c1ccccc1. The summed E-state index contributed by atoms with van der Waals surface area (Å²) in [6, 6.07) is 9.03. The van der Waals surface area contributed by atoms with Crippen molar-refractivity contribution in [2.24, 2.45) is 0 Å². The van der Waals surface area contributed by atoms with Gasteiger partial charge in [-0.05, 0) is 5.92 Å². The van der Waals surface area contributed by atoms with Gasteiger partial charge in [-0.15, -0.1) is 0 Å². The summed E-state index contributed by atoms with van der Waals surface area (Å²) < 4.78 is 0. The van der Waals surface area contributed by atoms with E-state index in [1.54, 1.807) is 12.1 Å². The fraction of sp³-hybridized carbons (Fsp3) is 0.100. The van der Waals surface area contributed by atoms with E-state index in [0.717, 1.165) is 0 Å². The minimum Gasteiger partial charge on any atom is -0.279 e. The van der Waals surface area contributed by atoms with E-state index in [2.05, 4.69) is 27.8 Å². The molecular formula is C10H7BrO. The van der Waals surface area contributed by atoms with Crippen LogP contribution in [0.4, 0.5) is 0 Å². The summed E-state index contributed by atoms with van der Waals surface area (Å²) >= 11 is 3.12. The van der Waals surface area contributed by atoms with Crippen molar-refractivity contribution in [3.8, 4) is 11.8 Å². The third-order valence-corrected chi connectivity index (χ3v) is 1.59. The molecule has 12 heavy (non-hydrogen) atoms. The van der Waals surface area contributed by atoms with E-state index in [-0.39, 0.29) is 5.78 Å². The molecule has 0 aromatic heterocycles. The van der Waals surface area contributed by atoms with Gasteiger partial charge >= 0.3 is 0 Å². The Bertz CT molecular complexity index is 319. The lowest BCUT2D eigenvalue weighted by atomic mass is 10.1. The van der Waals surface area contributed by atoms with Gasteiger partial charge in [0.1, 0.15) is 0 Å². The molecule has 0 N–H and O–H groups in total. The van der Waals surface area contributed by atoms with Crippen molar-refractivity contribution in [3.05, 3.63) is 35.9 Å². The maximum absolute atomic E-state index is 11.2. The first-order valence-electron chi connectivity index (χ1n) is 3.49. The first-order chi connectivity index (χ1) is 5.84. The van der Waals surface area contributed by atoms with E-state index in [9.17, 15) is 4.79 Å². The number of Topliss-reactive ketones (excluding diaryl/α,β-unsaturated/α-hetero) is 1.